The van der Waals surface area contributed by atoms with E-state index in [0.29, 0.717) is 6.54 Å². The van der Waals surface area contributed by atoms with Crippen molar-refractivity contribution >= 4 is 17.4 Å². The van der Waals surface area contributed by atoms with Gasteiger partial charge in [0.05, 0.1) is 7.11 Å². The Labute approximate surface area is 177 Å². The van der Waals surface area contributed by atoms with Gasteiger partial charge in [0, 0.05) is 36.6 Å². The lowest BCUT2D eigenvalue weighted by Crippen LogP contribution is -2.21. The van der Waals surface area contributed by atoms with Crippen molar-refractivity contribution in [1.82, 2.24) is 14.8 Å². The molecule has 0 fully saturated rings. The number of hydrogen-bond donors (Lipinski definition) is 0. The maximum atomic E-state index is 5.31. The van der Waals surface area contributed by atoms with E-state index in [4.69, 9.17) is 4.74 Å². The summed E-state index contributed by atoms with van der Waals surface area (Å²) in [7, 11) is 1.69. The molecule has 6 heteroatoms. The van der Waals surface area contributed by atoms with Crippen LogP contribution in [0.2, 0.25) is 0 Å². The van der Waals surface area contributed by atoms with Crippen LogP contribution in [0.3, 0.4) is 0 Å². The van der Waals surface area contributed by atoms with Gasteiger partial charge in [-0.05, 0) is 55.8 Å². The second-order valence-corrected chi connectivity index (χ2v) is 7.51. The fraction of sp³-hybridized carbons (Fsp3) is 0.304. The fourth-order valence-corrected chi connectivity index (χ4v) is 4.11. The molecule has 0 unspecified atom stereocenters. The van der Waals surface area contributed by atoms with E-state index in [-0.39, 0.29) is 0 Å². The highest BCUT2D eigenvalue weighted by atomic mass is 32.2. The van der Waals surface area contributed by atoms with Gasteiger partial charge in [-0.1, -0.05) is 30.0 Å². The molecular weight excluding hydrogens is 380 g/mol. The standard InChI is InChI=1S/C23H28N4OS/c1-5-15-27-22(19-11-13-20(14-12-19)26(6-2)7-3)24-25-23(27)29-17-18-9-8-10-21(16-18)28-4/h5,8-14,16H,1,6-7,15,17H2,2-4H3. The summed E-state index contributed by atoms with van der Waals surface area (Å²) in [6.45, 7) is 10.9. The first kappa shape index (κ1) is 21.0. The van der Waals surface area contributed by atoms with Gasteiger partial charge < -0.3 is 9.64 Å². The Morgan fingerprint density at radius 1 is 1.10 bits per heavy atom. The van der Waals surface area contributed by atoms with Crippen LogP contribution >= 0.6 is 11.8 Å². The minimum absolute atomic E-state index is 0.667. The third kappa shape index (κ3) is 5.01. The van der Waals surface area contributed by atoms with Crippen molar-refractivity contribution in [1.29, 1.82) is 0 Å². The number of anilines is 1. The molecular formula is C23H28N4OS. The minimum atomic E-state index is 0.667. The van der Waals surface area contributed by atoms with Crippen LogP contribution in [0.4, 0.5) is 5.69 Å². The van der Waals surface area contributed by atoms with E-state index in [1.165, 1.54) is 11.3 Å². The van der Waals surface area contributed by atoms with Gasteiger partial charge in [-0.3, -0.25) is 4.57 Å². The van der Waals surface area contributed by atoms with Crippen LogP contribution in [0, 0.1) is 0 Å². The smallest absolute Gasteiger partial charge is 0.192 e. The number of methoxy groups -OCH3 is 1. The first-order valence-corrected chi connectivity index (χ1v) is 10.8. The molecule has 0 saturated heterocycles. The van der Waals surface area contributed by atoms with E-state index in [2.05, 4.69) is 70.4 Å². The van der Waals surface area contributed by atoms with Gasteiger partial charge in [0.15, 0.2) is 11.0 Å². The summed E-state index contributed by atoms with van der Waals surface area (Å²) >= 11 is 1.67. The number of hydrogen-bond acceptors (Lipinski definition) is 5. The molecule has 2 aromatic carbocycles. The topological polar surface area (TPSA) is 43.2 Å². The number of nitrogens with zero attached hydrogens (tertiary/aromatic N) is 4. The highest BCUT2D eigenvalue weighted by Crippen LogP contribution is 2.28. The van der Waals surface area contributed by atoms with Gasteiger partial charge in [0.2, 0.25) is 0 Å². The predicted octanol–water partition coefficient (Wildman–Crippen LogP) is 5.28. The van der Waals surface area contributed by atoms with Gasteiger partial charge in [-0.2, -0.15) is 0 Å². The van der Waals surface area contributed by atoms with Gasteiger partial charge in [0.25, 0.3) is 0 Å². The van der Waals surface area contributed by atoms with Crippen LogP contribution in [-0.2, 0) is 12.3 Å². The van der Waals surface area contributed by atoms with E-state index >= 15 is 0 Å². The molecule has 0 spiro atoms. The van der Waals surface area contributed by atoms with E-state index in [1.54, 1.807) is 18.9 Å². The summed E-state index contributed by atoms with van der Waals surface area (Å²) < 4.78 is 7.43. The zero-order valence-corrected chi connectivity index (χ0v) is 18.2. The van der Waals surface area contributed by atoms with Crippen LogP contribution in [0.5, 0.6) is 5.75 Å². The summed E-state index contributed by atoms with van der Waals surface area (Å²) in [5.74, 6) is 2.53. The maximum absolute atomic E-state index is 5.31. The molecule has 0 aliphatic heterocycles. The van der Waals surface area contributed by atoms with Crippen LogP contribution in [0.1, 0.15) is 19.4 Å². The first-order chi connectivity index (χ1) is 14.2. The van der Waals surface area contributed by atoms with Gasteiger partial charge in [-0.25, -0.2) is 0 Å². The summed E-state index contributed by atoms with van der Waals surface area (Å²) in [4.78, 5) is 2.33. The van der Waals surface area contributed by atoms with Gasteiger partial charge in [0.1, 0.15) is 5.75 Å². The normalized spacial score (nSPS) is 10.7. The predicted molar refractivity (Wildman–Crippen MR) is 122 cm³/mol. The number of benzene rings is 2. The molecule has 0 aliphatic carbocycles. The number of rotatable bonds is 10. The van der Waals surface area contributed by atoms with Crippen molar-refractivity contribution in [2.24, 2.45) is 0 Å². The second kappa shape index (κ2) is 10.2. The molecule has 1 heterocycles. The zero-order chi connectivity index (χ0) is 20.6. The molecule has 0 radical (unpaired) electrons. The fourth-order valence-electron chi connectivity index (χ4n) is 3.22. The Morgan fingerprint density at radius 2 is 1.86 bits per heavy atom. The van der Waals surface area contributed by atoms with E-state index in [9.17, 15) is 0 Å². The maximum Gasteiger partial charge on any atom is 0.192 e. The van der Waals surface area contributed by atoms with Crippen LogP contribution < -0.4 is 9.64 Å². The van der Waals surface area contributed by atoms with Crippen molar-refractivity contribution in [3.8, 4) is 17.1 Å². The van der Waals surface area contributed by atoms with Gasteiger partial charge in [-0.15, -0.1) is 16.8 Å². The van der Waals surface area contributed by atoms with Crippen molar-refractivity contribution in [2.45, 2.75) is 31.3 Å². The molecule has 0 atom stereocenters. The molecule has 3 rings (SSSR count). The average molecular weight is 409 g/mol. The largest absolute Gasteiger partial charge is 0.497 e. The average Bonchev–Trinajstić information content (AvgIpc) is 3.16. The Bertz CT molecular complexity index is 932. The molecule has 5 nitrogen and oxygen atoms in total. The molecule has 0 amide bonds. The highest BCUT2D eigenvalue weighted by Gasteiger charge is 2.14. The van der Waals surface area contributed by atoms with E-state index < -0.39 is 0 Å². The lowest BCUT2D eigenvalue weighted by atomic mass is 10.2. The molecule has 29 heavy (non-hydrogen) atoms. The molecule has 0 saturated carbocycles. The SMILES string of the molecule is C=CCn1c(SCc2cccc(OC)c2)nnc1-c1ccc(N(CC)CC)cc1. The summed E-state index contributed by atoms with van der Waals surface area (Å²) in [6, 6.07) is 16.6. The van der Waals surface area contributed by atoms with Crippen molar-refractivity contribution < 1.29 is 4.74 Å². The summed E-state index contributed by atoms with van der Waals surface area (Å²) in [5.41, 5.74) is 3.47. The summed E-state index contributed by atoms with van der Waals surface area (Å²) in [6.07, 6.45) is 1.88. The lowest BCUT2D eigenvalue weighted by Gasteiger charge is -2.21. The Morgan fingerprint density at radius 3 is 2.52 bits per heavy atom. The minimum Gasteiger partial charge on any atom is -0.497 e. The molecule has 3 aromatic rings. The van der Waals surface area contributed by atoms with Gasteiger partial charge >= 0.3 is 0 Å². The Hall–Kier alpha value is -2.73. The number of allylic oxidation sites excluding steroid dienone is 1. The molecule has 1 aromatic heterocycles. The van der Waals surface area contributed by atoms with Crippen LogP contribution in [0.15, 0.2) is 66.3 Å². The number of ether oxygens (including phenoxy) is 1. The quantitative estimate of drug-likeness (QED) is 0.337. The monoisotopic (exact) mass is 408 g/mol. The Kier molecular flexibility index (Phi) is 7.36. The van der Waals surface area contributed by atoms with Crippen molar-refractivity contribution in [3.05, 3.63) is 66.7 Å². The van der Waals surface area contributed by atoms with Crippen LogP contribution in [-0.4, -0.2) is 35.0 Å². The molecule has 0 bridgehead atoms. The third-order valence-corrected chi connectivity index (χ3v) is 5.82. The highest BCUT2D eigenvalue weighted by molar-refractivity contribution is 7.98. The van der Waals surface area contributed by atoms with Crippen LogP contribution in [0.25, 0.3) is 11.4 Å². The zero-order valence-electron chi connectivity index (χ0n) is 17.3. The van der Waals surface area contributed by atoms with Crippen molar-refractivity contribution in [3.63, 3.8) is 0 Å². The van der Waals surface area contributed by atoms with E-state index in [1.807, 2.05) is 24.3 Å². The second-order valence-electron chi connectivity index (χ2n) is 6.56. The number of thioether (sulfide) groups is 1. The third-order valence-electron chi connectivity index (χ3n) is 4.78. The Balaban J connectivity index is 1.81. The van der Waals surface area contributed by atoms with Crippen molar-refractivity contribution in [2.75, 3.05) is 25.1 Å². The van der Waals surface area contributed by atoms with E-state index in [0.717, 1.165) is 41.1 Å². The summed E-state index contributed by atoms with van der Waals surface area (Å²) in [5, 5.41) is 9.80. The lowest BCUT2D eigenvalue weighted by molar-refractivity contribution is 0.414. The molecule has 152 valence electrons. The molecule has 0 aliphatic rings. The number of aromatic nitrogens is 3. The molecule has 0 N–H and O–H groups in total. The first-order valence-electron chi connectivity index (χ1n) is 9.85.